The molecule has 6 unspecified atom stereocenters. The van der Waals surface area contributed by atoms with Gasteiger partial charge in [0.2, 0.25) is 17.7 Å². The van der Waals surface area contributed by atoms with Crippen molar-refractivity contribution >= 4 is 29.7 Å². The molecule has 1 fully saturated rings. The van der Waals surface area contributed by atoms with E-state index >= 15 is 0 Å². The standard InChI is InChI=1S/C19H35N7O7/c1-9(27)13(20)16(30)25-14(10(2)28)17(31)26-8-4-6-12(26)15(29)24-11(18(32)33)5-3-7-23-19(21)22/h9-14,27-28H,3-8,20H2,1-2H3,(H,24,29)(H,25,30)(H,32,33)(H4,21,22,23). The maximum absolute atomic E-state index is 13.0. The first-order chi connectivity index (χ1) is 15.4. The largest absolute Gasteiger partial charge is 0.480 e. The highest BCUT2D eigenvalue weighted by atomic mass is 16.4. The molecule has 0 bridgehead atoms. The molecule has 33 heavy (non-hydrogen) atoms. The summed E-state index contributed by atoms with van der Waals surface area (Å²) in [4.78, 5) is 54.5. The first-order valence-corrected chi connectivity index (χ1v) is 10.7. The Hall–Kier alpha value is -2.97. The summed E-state index contributed by atoms with van der Waals surface area (Å²) in [6.45, 7) is 2.97. The summed E-state index contributed by atoms with van der Waals surface area (Å²) in [5.74, 6) is -3.58. The summed E-state index contributed by atoms with van der Waals surface area (Å²) >= 11 is 0. The van der Waals surface area contributed by atoms with E-state index in [1.165, 1.54) is 18.7 Å². The second-order valence-electron chi connectivity index (χ2n) is 8.03. The number of nitrogens with one attached hydrogen (secondary N) is 2. The Kier molecular flexibility index (Phi) is 11.0. The van der Waals surface area contributed by atoms with Crippen molar-refractivity contribution in [3.05, 3.63) is 0 Å². The maximum atomic E-state index is 13.0. The number of carbonyl (C=O) groups is 4. The molecule has 1 heterocycles. The average molecular weight is 474 g/mol. The zero-order valence-electron chi connectivity index (χ0n) is 18.8. The molecule has 6 atom stereocenters. The smallest absolute Gasteiger partial charge is 0.326 e. The van der Waals surface area contributed by atoms with Crippen LogP contribution in [-0.4, -0.2) is 99.3 Å². The van der Waals surface area contributed by atoms with Crippen LogP contribution in [0.5, 0.6) is 0 Å². The number of aliphatic hydroxyl groups is 2. The Morgan fingerprint density at radius 1 is 1.12 bits per heavy atom. The molecule has 1 aliphatic rings. The third kappa shape index (κ3) is 8.47. The van der Waals surface area contributed by atoms with Crippen molar-refractivity contribution in [1.29, 1.82) is 0 Å². The van der Waals surface area contributed by atoms with Gasteiger partial charge in [-0.25, -0.2) is 4.79 Å². The molecule has 0 aromatic carbocycles. The van der Waals surface area contributed by atoms with Gasteiger partial charge in [-0.05, 0) is 39.5 Å². The number of aliphatic carboxylic acids is 1. The van der Waals surface area contributed by atoms with Crippen LogP contribution in [0.25, 0.3) is 0 Å². The van der Waals surface area contributed by atoms with Crippen molar-refractivity contribution in [3.63, 3.8) is 0 Å². The SMILES string of the molecule is CC(O)C(N)C(=O)NC(C(=O)N1CCCC1C(=O)NC(CCCN=C(N)N)C(=O)O)C(C)O. The maximum Gasteiger partial charge on any atom is 0.326 e. The van der Waals surface area contributed by atoms with Gasteiger partial charge < -0.3 is 48.1 Å². The van der Waals surface area contributed by atoms with Crippen molar-refractivity contribution in [1.82, 2.24) is 15.5 Å². The Bertz CT molecular complexity index is 740. The molecule has 1 rings (SSSR count). The molecule has 0 saturated carbocycles. The van der Waals surface area contributed by atoms with Gasteiger partial charge in [-0.2, -0.15) is 0 Å². The second kappa shape index (κ2) is 12.9. The summed E-state index contributed by atoms with van der Waals surface area (Å²) in [5.41, 5.74) is 16.0. The predicted octanol–water partition coefficient (Wildman–Crippen LogP) is -3.83. The van der Waals surface area contributed by atoms with E-state index in [1.807, 2.05) is 0 Å². The third-order valence-electron chi connectivity index (χ3n) is 5.27. The van der Waals surface area contributed by atoms with Gasteiger partial charge in [0.25, 0.3) is 0 Å². The number of hydrogen-bond donors (Lipinski definition) is 8. The fourth-order valence-corrected chi connectivity index (χ4v) is 3.37. The molecule has 0 aromatic heterocycles. The summed E-state index contributed by atoms with van der Waals surface area (Å²) in [6.07, 6.45) is -1.36. The molecule has 1 aliphatic heterocycles. The van der Waals surface area contributed by atoms with Crippen molar-refractivity contribution in [2.45, 2.75) is 75.9 Å². The van der Waals surface area contributed by atoms with Crippen LogP contribution >= 0.6 is 0 Å². The second-order valence-corrected chi connectivity index (χ2v) is 8.03. The zero-order valence-corrected chi connectivity index (χ0v) is 18.8. The molecule has 0 radical (unpaired) electrons. The first-order valence-electron chi connectivity index (χ1n) is 10.7. The molecule has 188 valence electrons. The lowest BCUT2D eigenvalue weighted by molar-refractivity contribution is -0.146. The monoisotopic (exact) mass is 473 g/mol. The van der Waals surface area contributed by atoms with Crippen molar-refractivity contribution in [2.24, 2.45) is 22.2 Å². The minimum absolute atomic E-state index is 0.0715. The lowest BCUT2D eigenvalue weighted by atomic mass is 10.1. The minimum Gasteiger partial charge on any atom is -0.480 e. The van der Waals surface area contributed by atoms with Gasteiger partial charge >= 0.3 is 5.97 Å². The first kappa shape index (κ1) is 28.1. The Balaban J connectivity index is 2.87. The molecule has 0 spiro atoms. The van der Waals surface area contributed by atoms with Gasteiger partial charge in [0.15, 0.2) is 5.96 Å². The van der Waals surface area contributed by atoms with E-state index in [4.69, 9.17) is 17.2 Å². The van der Waals surface area contributed by atoms with E-state index in [0.29, 0.717) is 12.8 Å². The number of rotatable bonds is 12. The van der Waals surface area contributed by atoms with Gasteiger partial charge in [0.05, 0.1) is 12.2 Å². The number of carbonyl (C=O) groups excluding carboxylic acids is 3. The lowest BCUT2D eigenvalue weighted by Gasteiger charge is -2.31. The van der Waals surface area contributed by atoms with Gasteiger partial charge in [-0.1, -0.05) is 0 Å². The fraction of sp³-hybridized carbons (Fsp3) is 0.737. The van der Waals surface area contributed by atoms with Crippen LogP contribution in [0.1, 0.15) is 39.5 Å². The van der Waals surface area contributed by atoms with Gasteiger partial charge in [-0.15, -0.1) is 0 Å². The minimum atomic E-state index is -1.40. The molecular formula is C19H35N7O7. The summed E-state index contributed by atoms with van der Waals surface area (Å²) in [7, 11) is 0. The quantitative estimate of drug-likeness (QED) is 0.0779. The highest BCUT2D eigenvalue weighted by Gasteiger charge is 2.40. The normalized spacial score (nSPS) is 20.2. The number of guanidine groups is 1. The average Bonchev–Trinajstić information content (AvgIpc) is 3.22. The third-order valence-corrected chi connectivity index (χ3v) is 5.27. The molecule has 0 aliphatic carbocycles. The van der Waals surface area contributed by atoms with E-state index < -0.39 is 60.1 Å². The number of carboxylic acids is 1. The van der Waals surface area contributed by atoms with Crippen molar-refractivity contribution in [3.8, 4) is 0 Å². The molecular weight excluding hydrogens is 438 g/mol. The highest BCUT2D eigenvalue weighted by molar-refractivity contribution is 5.94. The van der Waals surface area contributed by atoms with Crippen LogP contribution in [-0.2, 0) is 19.2 Å². The highest BCUT2D eigenvalue weighted by Crippen LogP contribution is 2.20. The molecule has 0 aromatic rings. The number of likely N-dealkylation sites (tertiary alicyclic amines) is 1. The van der Waals surface area contributed by atoms with Crippen molar-refractivity contribution < 1.29 is 34.5 Å². The number of hydrogen-bond acceptors (Lipinski definition) is 8. The van der Waals surface area contributed by atoms with Crippen LogP contribution < -0.4 is 27.8 Å². The zero-order chi connectivity index (χ0) is 25.3. The summed E-state index contributed by atoms with van der Waals surface area (Å²) in [5, 5.41) is 33.7. The van der Waals surface area contributed by atoms with E-state index in [-0.39, 0.29) is 31.9 Å². The summed E-state index contributed by atoms with van der Waals surface area (Å²) in [6, 6.07) is -4.89. The van der Waals surface area contributed by atoms with Gasteiger partial charge in [-0.3, -0.25) is 19.4 Å². The fourth-order valence-electron chi connectivity index (χ4n) is 3.37. The number of aliphatic hydroxyl groups excluding tert-OH is 2. The lowest BCUT2D eigenvalue weighted by Crippen LogP contribution is -2.60. The number of amides is 3. The van der Waals surface area contributed by atoms with E-state index in [0.717, 1.165) is 0 Å². The number of aliphatic imine (C=N–C) groups is 1. The van der Waals surface area contributed by atoms with E-state index in [2.05, 4.69) is 15.6 Å². The van der Waals surface area contributed by atoms with Gasteiger partial charge in [0.1, 0.15) is 24.2 Å². The number of nitrogens with two attached hydrogens (primary N) is 3. The number of carboxylic acid groups (broad SMARTS) is 1. The van der Waals surface area contributed by atoms with Crippen LogP contribution in [0.3, 0.4) is 0 Å². The van der Waals surface area contributed by atoms with Gasteiger partial charge in [0, 0.05) is 13.1 Å². The molecule has 3 amide bonds. The Labute approximate surface area is 191 Å². The predicted molar refractivity (Wildman–Crippen MR) is 117 cm³/mol. The summed E-state index contributed by atoms with van der Waals surface area (Å²) < 4.78 is 0. The van der Waals surface area contributed by atoms with Crippen LogP contribution in [0, 0.1) is 0 Å². The van der Waals surface area contributed by atoms with E-state index in [9.17, 15) is 34.5 Å². The van der Waals surface area contributed by atoms with E-state index in [1.54, 1.807) is 0 Å². The van der Waals surface area contributed by atoms with Crippen LogP contribution in [0.4, 0.5) is 0 Å². The van der Waals surface area contributed by atoms with Crippen LogP contribution in [0.15, 0.2) is 4.99 Å². The molecule has 14 nitrogen and oxygen atoms in total. The topological polar surface area (TPSA) is 247 Å². The Morgan fingerprint density at radius 2 is 1.76 bits per heavy atom. The van der Waals surface area contributed by atoms with Crippen LogP contribution in [0.2, 0.25) is 0 Å². The molecule has 14 heteroatoms. The molecule has 1 saturated heterocycles. The molecule has 11 N–H and O–H groups in total. The number of nitrogens with zero attached hydrogens (tertiary/aromatic N) is 2. The van der Waals surface area contributed by atoms with Crippen molar-refractivity contribution in [2.75, 3.05) is 13.1 Å². The Morgan fingerprint density at radius 3 is 2.27 bits per heavy atom.